The van der Waals surface area contributed by atoms with Gasteiger partial charge in [-0.05, 0) is 40.6 Å². The van der Waals surface area contributed by atoms with Crippen molar-refractivity contribution >= 4 is 63.9 Å². The van der Waals surface area contributed by atoms with Crippen LogP contribution in [0.5, 0.6) is 0 Å². The molecule has 0 spiro atoms. The Labute approximate surface area is 167 Å². The maximum absolute atomic E-state index is 11.4. The SMILES string of the molecule is O=[N+]([O-])c1ccccc1-c1ccc2sc3cc(Br)c4ccccc4c3c2c1. The van der Waals surface area contributed by atoms with Gasteiger partial charge in [0.25, 0.3) is 5.69 Å². The number of benzene rings is 4. The van der Waals surface area contributed by atoms with Crippen LogP contribution in [0.4, 0.5) is 5.69 Å². The van der Waals surface area contributed by atoms with E-state index in [1.54, 1.807) is 23.5 Å². The van der Waals surface area contributed by atoms with E-state index in [1.165, 1.54) is 25.6 Å². The van der Waals surface area contributed by atoms with Gasteiger partial charge in [-0.15, -0.1) is 11.3 Å². The lowest BCUT2D eigenvalue weighted by atomic mass is 9.99. The van der Waals surface area contributed by atoms with E-state index in [2.05, 4.69) is 46.3 Å². The number of rotatable bonds is 2. The molecule has 0 unspecified atom stereocenters. The van der Waals surface area contributed by atoms with Crippen molar-refractivity contribution in [2.45, 2.75) is 0 Å². The number of fused-ring (bicyclic) bond motifs is 5. The Morgan fingerprint density at radius 1 is 0.815 bits per heavy atom. The number of nitro benzene ring substituents is 1. The van der Waals surface area contributed by atoms with Crippen molar-refractivity contribution in [1.82, 2.24) is 0 Å². The van der Waals surface area contributed by atoms with Crippen LogP contribution in [-0.2, 0) is 0 Å². The van der Waals surface area contributed by atoms with E-state index >= 15 is 0 Å². The molecule has 0 amide bonds. The molecule has 4 aromatic carbocycles. The normalized spacial score (nSPS) is 11.4. The molecule has 0 aliphatic heterocycles. The number of hydrogen-bond acceptors (Lipinski definition) is 3. The first-order chi connectivity index (χ1) is 13.1. The molecule has 0 saturated carbocycles. The Kier molecular flexibility index (Phi) is 3.74. The van der Waals surface area contributed by atoms with Gasteiger partial charge in [-0.25, -0.2) is 0 Å². The lowest BCUT2D eigenvalue weighted by molar-refractivity contribution is -0.384. The van der Waals surface area contributed by atoms with Gasteiger partial charge in [0.2, 0.25) is 0 Å². The largest absolute Gasteiger partial charge is 0.277 e. The molecule has 1 aromatic heterocycles. The highest BCUT2D eigenvalue weighted by atomic mass is 79.9. The van der Waals surface area contributed by atoms with E-state index in [0.29, 0.717) is 5.56 Å². The highest BCUT2D eigenvalue weighted by molar-refractivity contribution is 9.10. The van der Waals surface area contributed by atoms with Gasteiger partial charge in [0.15, 0.2) is 0 Å². The molecule has 5 rings (SSSR count). The van der Waals surface area contributed by atoms with Crippen molar-refractivity contribution in [2.75, 3.05) is 0 Å². The van der Waals surface area contributed by atoms with Crippen LogP contribution in [0.25, 0.3) is 42.1 Å². The summed E-state index contributed by atoms with van der Waals surface area (Å²) in [5.41, 5.74) is 1.63. The summed E-state index contributed by atoms with van der Waals surface area (Å²) in [5, 5.41) is 16.1. The topological polar surface area (TPSA) is 43.1 Å². The maximum atomic E-state index is 11.4. The highest BCUT2D eigenvalue weighted by Crippen LogP contribution is 2.43. The van der Waals surface area contributed by atoms with E-state index in [1.807, 2.05) is 30.3 Å². The molecule has 0 atom stereocenters. The number of nitro groups is 1. The summed E-state index contributed by atoms with van der Waals surface area (Å²) in [4.78, 5) is 11.1. The van der Waals surface area contributed by atoms with Crippen molar-refractivity contribution in [3.8, 4) is 11.1 Å². The molecule has 1 heterocycles. The average Bonchev–Trinajstić information content (AvgIpc) is 3.05. The molecule has 130 valence electrons. The first-order valence-electron chi connectivity index (χ1n) is 8.41. The van der Waals surface area contributed by atoms with Crippen molar-refractivity contribution in [2.24, 2.45) is 0 Å². The lowest BCUT2D eigenvalue weighted by Gasteiger charge is -2.05. The zero-order chi connectivity index (χ0) is 18.5. The zero-order valence-corrected chi connectivity index (χ0v) is 16.4. The van der Waals surface area contributed by atoms with Crippen molar-refractivity contribution in [3.05, 3.63) is 87.4 Å². The molecule has 27 heavy (non-hydrogen) atoms. The van der Waals surface area contributed by atoms with Gasteiger partial charge >= 0.3 is 0 Å². The zero-order valence-electron chi connectivity index (χ0n) is 14.0. The predicted octanol–water partition coefficient (Wildman–Crippen LogP) is 7.55. The summed E-state index contributed by atoms with van der Waals surface area (Å²) < 4.78 is 3.46. The molecule has 0 fully saturated rings. The van der Waals surface area contributed by atoms with E-state index < -0.39 is 0 Å². The second-order valence-corrected chi connectivity index (χ2v) is 8.30. The summed E-state index contributed by atoms with van der Waals surface area (Å²) in [6.07, 6.45) is 0. The molecule has 0 saturated heterocycles. The summed E-state index contributed by atoms with van der Waals surface area (Å²) in [6, 6.07) is 23.5. The Morgan fingerprint density at radius 2 is 1.56 bits per heavy atom. The van der Waals surface area contributed by atoms with Crippen LogP contribution in [0, 0.1) is 10.1 Å². The minimum Gasteiger partial charge on any atom is -0.258 e. The fourth-order valence-corrected chi connectivity index (χ4v) is 5.51. The summed E-state index contributed by atoms with van der Waals surface area (Å²) in [7, 11) is 0. The predicted molar refractivity (Wildman–Crippen MR) is 117 cm³/mol. The Hall–Kier alpha value is -2.76. The van der Waals surface area contributed by atoms with Gasteiger partial charge < -0.3 is 0 Å². The van der Waals surface area contributed by atoms with E-state index in [-0.39, 0.29) is 10.6 Å². The minimum absolute atomic E-state index is 0.129. The number of halogens is 1. The second kappa shape index (κ2) is 6.15. The second-order valence-electron chi connectivity index (χ2n) is 6.36. The van der Waals surface area contributed by atoms with Crippen LogP contribution in [-0.4, -0.2) is 4.92 Å². The molecule has 0 N–H and O–H groups in total. The molecule has 3 nitrogen and oxygen atoms in total. The van der Waals surface area contributed by atoms with E-state index in [9.17, 15) is 10.1 Å². The summed E-state index contributed by atoms with van der Waals surface area (Å²) in [6.45, 7) is 0. The van der Waals surface area contributed by atoms with Crippen molar-refractivity contribution in [3.63, 3.8) is 0 Å². The van der Waals surface area contributed by atoms with E-state index in [4.69, 9.17) is 0 Å². The monoisotopic (exact) mass is 433 g/mol. The summed E-state index contributed by atoms with van der Waals surface area (Å²) in [5.74, 6) is 0. The number of hydrogen-bond donors (Lipinski definition) is 0. The molecule has 5 aromatic rings. The number of nitrogens with zero attached hydrogens (tertiary/aromatic N) is 1. The van der Waals surface area contributed by atoms with Crippen LogP contribution in [0.3, 0.4) is 0 Å². The van der Waals surface area contributed by atoms with Crippen LogP contribution in [0.15, 0.2) is 77.3 Å². The van der Waals surface area contributed by atoms with Gasteiger partial charge in [0.05, 0.1) is 10.5 Å². The van der Waals surface area contributed by atoms with Crippen molar-refractivity contribution < 1.29 is 4.92 Å². The Bertz CT molecular complexity index is 1370. The van der Waals surface area contributed by atoms with Gasteiger partial charge in [-0.3, -0.25) is 10.1 Å². The highest BCUT2D eigenvalue weighted by Gasteiger charge is 2.16. The minimum atomic E-state index is -0.322. The third-order valence-corrected chi connectivity index (χ3v) is 6.61. The Balaban J connectivity index is 1.88. The van der Waals surface area contributed by atoms with Gasteiger partial charge in [0, 0.05) is 30.7 Å². The third-order valence-electron chi connectivity index (χ3n) is 4.84. The number of thiophene rings is 1. The lowest BCUT2D eigenvalue weighted by Crippen LogP contribution is -1.91. The number of para-hydroxylation sites is 1. The fraction of sp³-hybridized carbons (Fsp3) is 0. The molecular formula is C22H12BrNO2S. The maximum Gasteiger partial charge on any atom is 0.277 e. The first-order valence-corrected chi connectivity index (χ1v) is 10.0. The van der Waals surface area contributed by atoms with Gasteiger partial charge in [0.1, 0.15) is 0 Å². The van der Waals surface area contributed by atoms with E-state index in [0.717, 1.165) is 15.4 Å². The molecule has 0 aliphatic rings. The van der Waals surface area contributed by atoms with Gasteiger partial charge in [-0.1, -0.05) is 58.4 Å². The van der Waals surface area contributed by atoms with Crippen LogP contribution < -0.4 is 0 Å². The molecule has 0 aliphatic carbocycles. The van der Waals surface area contributed by atoms with Gasteiger partial charge in [-0.2, -0.15) is 0 Å². The molecule has 0 radical (unpaired) electrons. The summed E-state index contributed by atoms with van der Waals surface area (Å²) >= 11 is 5.42. The van der Waals surface area contributed by atoms with Crippen molar-refractivity contribution in [1.29, 1.82) is 0 Å². The molecular weight excluding hydrogens is 422 g/mol. The van der Waals surface area contributed by atoms with Crippen LogP contribution >= 0.6 is 27.3 Å². The third kappa shape index (κ3) is 2.54. The smallest absolute Gasteiger partial charge is 0.258 e. The molecule has 0 bridgehead atoms. The fourth-order valence-electron chi connectivity index (χ4n) is 3.64. The standard InChI is InChI=1S/C22H12BrNO2S/c23-18-12-21-22(16-7-2-1-6-15(16)18)17-11-13(9-10-20(17)27-21)14-5-3-4-8-19(14)24(25)26/h1-12H. The quantitative estimate of drug-likeness (QED) is 0.213. The average molecular weight is 434 g/mol. The first kappa shape index (κ1) is 16.4. The molecule has 5 heteroatoms. The van der Waals surface area contributed by atoms with Crippen LogP contribution in [0.2, 0.25) is 0 Å². The van der Waals surface area contributed by atoms with Crippen LogP contribution in [0.1, 0.15) is 0 Å². The Morgan fingerprint density at radius 3 is 2.37 bits per heavy atom.